The molecule has 0 saturated heterocycles. The first-order valence-electron chi connectivity index (χ1n) is 5.26. The van der Waals surface area contributed by atoms with E-state index in [0.717, 1.165) is 16.3 Å². The number of nitrogens with one attached hydrogen (secondary N) is 1. The van der Waals surface area contributed by atoms with Gasteiger partial charge in [0.25, 0.3) is 0 Å². The van der Waals surface area contributed by atoms with Gasteiger partial charge in [0.1, 0.15) is 6.04 Å². The largest absolute Gasteiger partial charge is 0.287 e. The molecule has 1 N–H and O–H groups in total. The summed E-state index contributed by atoms with van der Waals surface area (Å²) in [4.78, 5) is 4.15. The summed E-state index contributed by atoms with van der Waals surface area (Å²) in [5.74, 6) is 2.47. The van der Waals surface area contributed by atoms with Gasteiger partial charge in [0.15, 0.2) is 0 Å². The van der Waals surface area contributed by atoms with E-state index in [9.17, 15) is 0 Å². The minimum Gasteiger partial charge on any atom is -0.287 e. The molecule has 1 aromatic heterocycles. The molecule has 82 valence electrons. The summed E-state index contributed by atoms with van der Waals surface area (Å²) in [5, 5.41) is 14.2. The minimum absolute atomic E-state index is 0.363. The summed E-state index contributed by atoms with van der Waals surface area (Å²) in [5.41, 5.74) is 0.862. The molecule has 0 spiro atoms. The third-order valence-corrected chi connectivity index (χ3v) is 2.55. The van der Waals surface area contributed by atoms with E-state index in [1.807, 2.05) is 24.3 Å². The van der Waals surface area contributed by atoms with Gasteiger partial charge in [0.2, 0.25) is 0 Å². The Morgan fingerprint density at radius 1 is 1.35 bits per heavy atom. The molecule has 0 saturated carbocycles. The number of hydrogen-bond acceptors (Lipinski definition) is 3. The van der Waals surface area contributed by atoms with E-state index in [1.165, 1.54) is 0 Å². The van der Waals surface area contributed by atoms with Crippen LogP contribution in [0.2, 0.25) is 0 Å². The molecule has 2 aromatic rings. The molecule has 17 heavy (non-hydrogen) atoms. The molecular formula is C14H11N3. The Bertz CT molecular complexity index is 599. The van der Waals surface area contributed by atoms with E-state index in [1.54, 1.807) is 12.4 Å². The van der Waals surface area contributed by atoms with Gasteiger partial charge < -0.3 is 0 Å². The summed E-state index contributed by atoms with van der Waals surface area (Å²) < 4.78 is 0. The summed E-state index contributed by atoms with van der Waals surface area (Å²) in [6, 6.07) is 9.62. The zero-order valence-corrected chi connectivity index (χ0v) is 9.22. The number of nitrogens with zero attached hydrogens (tertiary/aromatic N) is 2. The fourth-order valence-electron chi connectivity index (χ4n) is 1.76. The van der Waals surface area contributed by atoms with E-state index in [4.69, 9.17) is 11.7 Å². The first kappa shape index (κ1) is 11.1. The van der Waals surface area contributed by atoms with Crippen molar-refractivity contribution in [3.63, 3.8) is 0 Å². The van der Waals surface area contributed by atoms with Crippen molar-refractivity contribution in [3.8, 4) is 18.4 Å². The van der Waals surface area contributed by atoms with Crippen molar-refractivity contribution in [1.82, 2.24) is 10.3 Å². The maximum absolute atomic E-state index is 9.16. The molecule has 0 aliphatic heterocycles. The molecule has 0 bridgehead atoms. The summed E-state index contributed by atoms with van der Waals surface area (Å²) >= 11 is 0. The molecule has 3 nitrogen and oxygen atoms in total. The van der Waals surface area contributed by atoms with Gasteiger partial charge in [-0.3, -0.25) is 10.3 Å². The highest BCUT2D eigenvalue weighted by molar-refractivity contribution is 5.85. The lowest BCUT2D eigenvalue weighted by Gasteiger charge is -2.11. The van der Waals surface area contributed by atoms with E-state index in [0.29, 0.717) is 6.54 Å². The zero-order chi connectivity index (χ0) is 12.1. The van der Waals surface area contributed by atoms with Crippen LogP contribution in [-0.2, 0) is 0 Å². The molecule has 0 amide bonds. The van der Waals surface area contributed by atoms with E-state index in [-0.39, 0.29) is 0 Å². The Kier molecular flexibility index (Phi) is 3.35. The molecule has 1 aromatic carbocycles. The molecule has 0 fully saturated rings. The van der Waals surface area contributed by atoms with Gasteiger partial charge in [0, 0.05) is 23.3 Å². The number of nitriles is 1. The molecule has 2 rings (SSSR count). The van der Waals surface area contributed by atoms with Gasteiger partial charge in [-0.15, -0.1) is 6.42 Å². The number of fused-ring (bicyclic) bond motifs is 1. The number of hydrogen-bond donors (Lipinski definition) is 1. The summed E-state index contributed by atoms with van der Waals surface area (Å²) in [6.45, 7) is 0.363. The zero-order valence-electron chi connectivity index (χ0n) is 9.22. The van der Waals surface area contributed by atoms with Crippen molar-refractivity contribution in [2.45, 2.75) is 6.04 Å². The van der Waals surface area contributed by atoms with Crippen LogP contribution in [0, 0.1) is 23.7 Å². The van der Waals surface area contributed by atoms with Crippen molar-refractivity contribution in [2.75, 3.05) is 6.54 Å². The average Bonchev–Trinajstić information content (AvgIpc) is 2.40. The van der Waals surface area contributed by atoms with Crippen molar-refractivity contribution in [2.24, 2.45) is 0 Å². The quantitative estimate of drug-likeness (QED) is 0.807. The second-order valence-corrected chi connectivity index (χ2v) is 3.60. The third-order valence-electron chi connectivity index (χ3n) is 2.55. The Labute approximate surface area is 100 Å². The summed E-state index contributed by atoms with van der Waals surface area (Å²) in [6.07, 6.45) is 8.68. The van der Waals surface area contributed by atoms with Crippen LogP contribution in [0.3, 0.4) is 0 Å². The van der Waals surface area contributed by atoms with Gasteiger partial charge in [-0.1, -0.05) is 30.2 Å². The third kappa shape index (κ3) is 2.25. The predicted octanol–water partition coefficient (Wildman–Crippen LogP) is 2.02. The van der Waals surface area contributed by atoms with Gasteiger partial charge in [0.05, 0.1) is 12.6 Å². The minimum atomic E-state index is -0.426. The maximum atomic E-state index is 9.16. The lowest BCUT2D eigenvalue weighted by Crippen LogP contribution is -2.20. The van der Waals surface area contributed by atoms with Crippen LogP contribution in [0.5, 0.6) is 0 Å². The first-order chi connectivity index (χ1) is 8.36. The van der Waals surface area contributed by atoms with E-state index >= 15 is 0 Å². The Morgan fingerprint density at radius 2 is 2.18 bits per heavy atom. The lowest BCUT2D eigenvalue weighted by molar-refractivity contribution is 0.693. The standard InChI is InChI=1S/C14H11N3/c1-2-7-17-14(8-15)13-10-16-9-11-5-3-4-6-12(11)13/h1,3-6,9-10,14,17H,7H2. The summed E-state index contributed by atoms with van der Waals surface area (Å²) in [7, 11) is 0. The number of benzene rings is 1. The molecule has 1 unspecified atom stereocenters. The number of terminal acetylenes is 1. The Balaban J connectivity index is 2.47. The highest BCUT2D eigenvalue weighted by Gasteiger charge is 2.12. The van der Waals surface area contributed by atoms with Crippen molar-refractivity contribution < 1.29 is 0 Å². The highest BCUT2D eigenvalue weighted by Crippen LogP contribution is 2.22. The van der Waals surface area contributed by atoms with E-state index in [2.05, 4.69) is 22.3 Å². The monoisotopic (exact) mass is 221 g/mol. The molecule has 0 aliphatic rings. The molecular weight excluding hydrogens is 210 g/mol. The van der Waals surface area contributed by atoms with Gasteiger partial charge in [-0.2, -0.15) is 5.26 Å². The number of rotatable bonds is 3. The second kappa shape index (κ2) is 5.12. The fourth-order valence-corrected chi connectivity index (χ4v) is 1.76. The van der Waals surface area contributed by atoms with Crippen molar-refractivity contribution in [3.05, 3.63) is 42.2 Å². The molecule has 0 aliphatic carbocycles. The van der Waals surface area contributed by atoms with E-state index < -0.39 is 6.04 Å². The fraction of sp³-hybridized carbons (Fsp3) is 0.143. The smallest absolute Gasteiger partial charge is 0.124 e. The highest BCUT2D eigenvalue weighted by atomic mass is 14.9. The lowest BCUT2D eigenvalue weighted by atomic mass is 10.0. The van der Waals surface area contributed by atoms with Crippen LogP contribution < -0.4 is 5.32 Å². The SMILES string of the molecule is C#CCNC(C#N)c1cncc2ccccc12. The van der Waals surface area contributed by atoms with Crippen LogP contribution in [-0.4, -0.2) is 11.5 Å². The van der Waals surface area contributed by atoms with Gasteiger partial charge in [-0.05, 0) is 5.39 Å². The molecule has 3 heteroatoms. The molecule has 0 radical (unpaired) electrons. The van der Waals surface area contributed by atoms with Crippen molar-refractivity contribution in [1.29, 1.82) is 5.26 Å². The van der Waals surface area contributed by atoms with Crippen LogP contribution >= 0.6 is 0 Å². The van der Waals surface area contributed by atoms with Crippen LogP contribution in [0.25, 0.3) is 10.8 Å². The molecule has 1 heterocycles. The van der Waals surface area contributed by atoms with Crippen LogP contribution in [0.4, 0.5) is 0 Å². The van der Waals surface area contributed by atoms with Crippen LogP contribution in [0.15, 0.2) is 36.7 Å². The maximum Gasteiger partial charge on any atom is 0.124 e. The Hall–Kier alpha value is -2.36. The second-order valence-electron chi connectivity index (χ2n) is 3.60. The van der Waals surface area contributed by atoms with Gasteiger partial charge >= 0.3 is 0 Å². The topological polar surface area (TPSA) is 48.7 Å². The molecule has 1 atom stereocenters. The first-order valence-corrected chi connectivity index (χ1v) is 5.26. The predicted molar refractivity (Wildman–Crippen MR) is 66.9 cm³/mol. The van der Waals surface area contributed by atoms with Crippen molar-refractivity contribution >= 4 is 10.8 Å². The van der Waals surface area contributed by atoms with Gasteiger partial charge in [-0.25, -0.2) is 0 Å². The number of pyridine rings is 1. The Morgan fingerprint density at radius 3 is 2.94 bits per heavy atom. The van der Waals surface area contributed by atoms with Crippen LogP contribution in [0.1, 0.15) is 11.6 Å². The number of aromatic nitrogens is 1. The normalized spacial score (nSPS) is 11.6. The average molecular weight is 221 g/mol.